The quantitative estimate of drug-likeness (QED) is 0.847. The minimum absolute atomic E-state index is 0.0757. The van der Waals surface area contributed by atoms with Gasteiger partial charge in [0.25, 0.3) is 0 Å². The molecule has 0 aliphatic carbocycles. The van der Waals surface area contributed by atoms with Gasteiger partial charge in [0.15, 0.2) is 0 Å². The van der Waals surface area contributed by atoms with Crippen molar-refractivity contribution in [2.45, 2.75) is 52.6 Å². The molecule has 0 spiro atoms. The Hall–Kier alpha value is -1.79. The summed E-state index contributed by atoms with van der Waals surface area (Å²) in [7, 11) is 0. The molecular formula is C18H25N3. The Bertz CT molecular complexity index is 659. The molecule has 1 aromatic carbocycles. The molecule has 2 rings (SSSR count). The fourth-order valence-corrected chi connectivity index (χ4v) is 2.68. The van der Waals surface area contributed by atoms with Crippen molar-refractivity contribution in [3.05, 3.63) is 29.6 Å². The van der Waals surface area contributed by atoms with Crippen LogP contribution in [0.1, 0.15) is 57.5 Å². The van der Waals surface area contributed by atoms with Crippen LogP contribution < -0.4 is 5.73 Å². The monoisotopic (exact) mass is 283 g/mol. The van der Waals surface area contributed by atoms with Crippen LogP contribution in [0.4, 0.5) is 0 Å². The van der Waals surface area contributed by atoms with Crippen molar-refractivity contribution in [3.63, 3.8) is 0 Å². The van der Waals surface area contributed by atoms with Crippen LogP contribution >= 0.6 is 0 Å². The van der Waals surface area contributed by atoms with Gasteiger partial charge < -0.3 is 10.3 Å². The topological polar surface area (TPSA) is 43.8 Å². The number of imidazole rings is 1. The van der Waals surface area contributed by atoms with Crippen molar-refractivity contribution in [1.82, 2.24) is 9.55 Å². The fourth-order valence-electron chi connectivity index (χ4n) is 2.68. The second-order valence-corrected chi connectivity index (χ2v) is 6.40. The van der Waals surface area contributed by atoms with Gasteiger partial charge in [-0.15, -0.1) is 6.42 Å². The third-order valence-electron chi connectivity index (χ3n) is 3.77. The van der Waals surface area contributed by atoms with E-state index in [0.29, 0.717) is 18.4 Å². The second kappa shape index (κ2) is 6.32. The minimum Gasteiger partial charge on any atom is -0.321 e. The van der Waals surface area contributed by atoms with E-state index in [4.69, 9.17) is 17.1 Å². The molecule has 2 aromatic rings. The molecule has 0 aliphatic heterocycles. The molecule has 1 atom stereocenters. The van der Waals surface area contributed by atoms with Crippen LogP contribution in [0.25, 0.3) is 11.0 Å². The van der Waals surface area contributed by atoms with Crippen molar-refractivity contribution in [2.24, 2.45) is 11.7 Å². The zero-order valence-electron chi connectivity index (χ0n) is 13.4. The number of nitrogens with zero attached hydrogens (tertiary/aromatic N) is 2. The summed E-state index contributed by atoms with van der Waals surface area (Å²) in [5.41, 5.74) is 9.69. The number of rotatable bonds is 5. The van der Waals surface area contributed by atoms with Crippen LogP contribution in [0, 0.1) is 18.3 Å². The lowest BCUT2D eigenvalue weighted by atomic mass is 10.0. The highest BCUT2D eigenvalue weighted by atomic mass is 15.1. The molecule has 0 fully saturated rings. The Labute approximate surface area is 127 Å². The lowest BCUT2D eigenvalue weighted by Gasteiger charge is -2.15. The van der Waals surface area contributed by atoms with Gasteiger partial charge in [-0.1, -0.05) is 39.7 Å². The Morgan fingerprint density at radius 3 is 2.57 bits per heavy atom. The maximum Gasteiger partial charge on any atom is 0.127 e. The number of fused-ring (bicyclic) bond motifs is 1. The van der Waals surface area contributed by atoms with Crippen molar-refractivity contribution < 1.29 is 0 Å². The lowest BCUT2D eigenvalue weighted by molar-refractivity contribution is 0.483. The molecule has 1 unspecified atom stereocenters. The zero-order valence-corrected chi connectivity index (χ0v) is 13.4. The normalized spacial score (nSPS) is 13.0. The van der Waals surface area contributed by atoms with E-state index in [-0.39, 0.29) is 6.04 Å². The summed E-state index contributed by atoms with van der Waals surface area (Å²) in [6, 6.07) is 6.34. The van der Waals surface area contributed by atoms with Crippen LogP contribution in [0.15, 0.2) is 18.2 Å². The van der Waals surface area contributed by atoms with Crippen LogP contribution in [0.2, 0.25) is 0 Å². The molecule has 0 bridgehead atoms. The standard InChI is InChI=1S/C18H25N3/c1-6-9-21-17-8-7-14(13(4)5)11-16(17)20-18(21)15(19)10-12(2)3/h1,7-8,11-13,15H,9-10,19H2,2-5H3. The molecule has 2 N–H and O–H groups in total. The number of aromatic nitrogens is 2. The molecule has 0 amide bonds. The van der Waals surface area contributed by atoms with E-state index in [9.17, 15) is 0 Å². The van der Waals surface area contributed by atoms with Crippen LogP contribution in [0.3, 0.4) is 0 Å². The second-order valence-electron chi connectivity index (χ2n) is 6.40. The highest BCUT2D eigenvalue weighted by Gasteiger charge is 2.18. The molecule has 0 saturated carbocycles. The van der Waals surface area contributed by atoms with Gasteiger partial charge in [-0.3, -0.25) is 0 Å². The number of hydrogen-bond acceptors (Lipinski definition) is 2. The maximum atomic E-state index is 6.34. The Balaban J connectivity index is 2.53. The summed E-state index contributed by atoms with van der Waals surface area (Å²) in [6.07, 6.45) is 6.43. The summed E-state index contributed by atoms with van der Waals surface area (Å²) in [5, 5.41) is 0. The molecule has 1 aromatic heterocycles. The highest BCUT2D eigenvalue weighted by Crippen LogP contribution is 2.26. The summed E-state index contributed by atoms with van der Waals surface area (Å²) in [6.45, 7) is 9.23. The predicted octanol–water partition coefficient (Wildman–Crippen LogP) is 3.84. The van der Waals surface area contributed by atoms with Gasteiger partial charge >= 0.3 is 0 Å². The van der Waals surface area contributed by atoms with E-state index in [1.165, 1.54) is 5.56 Å². The molecular weight excluding hydrogens is 258 g/mol. The van der Waals surface area contributed by atoms with Gasteiger partial charge in [0.2, 0.25) is 0 Å². The lowest BCUT2D eigenvalue weighted by Crippen LogP contribution is -2.18. The molecule has 0 aliphatic rings. The van der Waals surface area contributed by atoms with E-state index in [1.54, 1.807) is 0 Å². The van der Waals surface area contributed by atoms with Crippen LogP contribution in [-0.2, 0) is 6.54 Å². The number of nitrogens with two attached hydrogens (primary N) is 1. The molecule has 3 heteroatoms. The average molecular weight is 283 g/mol. The zero-order chi connectivity index (χ0) is 15.6. The summed E-state index contributed by atoms with van der Waals surface area (Å²) in [5.74, 6) is 4.63. The van der Waals surface area contributed by atoms with Gasteiger partial charge in [0, 0.05) is 0 Å². The molecule has 112 valence electrons. The first-order chi connectivity index (χ1) is 9.93. The van der Waals surface area contributed by atoms with E-state index >= 15 is 0 Å². The molecule has 0 saturated heterocycles. The molecule has 3 nitrogen and oxygen atoms in total. The summed E-state index contributed by atoms with van der Waals surface area (Å²) >= 11 is 0. The Kier molecular flexibility index (Phi) is 4.69. The van der Waals surface area contributed by atoms with Crippen LogP contribution in [-0.4, -0.2) is 9.55 Å². The first kappa shape index (κ1) is 15.6. The predicted molar refractivity (Wildman–Crippen MR) is 89.0 cm³/mol. The average Bonchev–Trinajstić information content (AvgIpc) is 2.76. The van der Waals surface area contributed by atoms with Gasteiger partial charge in [-0.25, -0.2) is 4.98 Å². The Morgan fingerprint density at radius 1 is 1.29 bits per heavy atom. The van der Waals surface area contributed by atoms with E-state index < -0.39 is 0 Å². The van der Waals surface area contributed by atoms with E-state index in [0.717, 1.165) is 23.3 Å². The van der Waals surface area contributed by atoms with Crippen molar-refractivity contribution in [3.8, 4) is 12.3 Å². The van der Waals surface area contributed by atoms with Crippen molar-refractivity contribution >= 4 is 11.0 Å². The molecule has 1 heterocycles. The first-order valence-corrected chi connectivity index (χ1v) is 7.63. The smallest absolute Gasteiger partial charge is 0.127 e. The maximum absolute atomic E-state index is 6.34. The van der Waals surface area contributed by atoms with Crippen LogP contribution in [0.5, 0.6) is 0 Å². The molecule has 21 heavy (non-hydrogen) atoms. The van der Waals surface area contributed by atoms with Crippen molar-refractivity contribution in [1.29, 1.82) is 0 Å². The van der Waals surface area contributed by atoms with Gasteiger partial charge in [0.1, 0.15) is 5.82 Å². The van der Waals surface area contributed by atoms with Gasteiger partial charge in [0.05, 0.1) is 23.6 Å². The number of hydrogen-bond donors (Lipinski definition) is 1. The number of benzene rings is 1. The molecule has 0 radical (unpaired) electrons. The first-order valence-electron chi connectivity index (χ1n) is 7.63. The fraction of sp³-hybridized carbons (Fsp3) is 0.500. The largest absolute Gasteiger partial charge is 0.321 e. The van der Waals surface area contributed by atoms with Gasteiger partial charge in [-0.05, 0) is 36.0 Å². The highest BCUT2D eigenvalue weighted by molar-refractivity contribution is 5.77. The minimum atomic E-state index is -0.0757. The SMILES string of the molecule is C#CCn1c(C(N)CC(C)C)nc2cc(C(C)C)ccc21. The van der Waals surface area contributed by atoms with E-state index in [1.807, 2.05) is 0 Å². The Morgan fingerprint density at radius 2 is 2.00 bits per heavy atom. The number of terminal acetylenes is 1. The van der Waals surface area contributed by atoms with Crippen molar-refractivity contribution in [2.75, 3.05) is 0 Å². The van der Waals surface area contributed by atoms with E-state index in [2.05, 4.69) is 56.4 Å². The van der Waals surface area contributed by atoms with Gasteiger partial charge in [-0.2, -0.15) is 0 Å². The summed E-state index contributed by atoms with van der Waals surface area (Å²) in [4.78, 5) is 4.77. The summed E-state index contributed by atoms with van der Waals surface area (Å²) < 4.78 is 2.08. The third kappa shape index (κ3) is 3.28. The third-order valence-corrected chi connectivity index (χ3v) is 3.77.